The zero-order chi connectivity index (χ0) is 14.0. The lowest BCUT2D eigenvalue weighted by molar-refractivity contribution is -0.142. The monoisotopic (exact) mass is 269 g/mol. The van der Waals surface area contributed by atoms with Gasteiger partial charge in [0.2, 0.25) is 0 Å². The number of hydrogen-bond acceptors (Lipinski definition) is 3. The predicted octanol–water partition coefficient (Wildman–Crippen LogP) is 0.443. The molecule has 0 aromatic carbocycles. The van der Waals surface area contributed by atoms with Crippen LogP contribution in [0.4, 0.5) is 4.79 Å². The van der Waals surface area contributed by atoms with Gasteiger partial charge in [0.05, 0.1) is 5.92 Å². The van der Waals surface area contributed by atoms with Crippen LogP contribution < -0.4 is 5.32 Å². The van der Waals surface area contributed by atoms with Gasteiger partial charge >= 0.3 is 12.0 Å². The molecule has 0 spiro atoms. The molecule has 2 N–H and O–H groups in total. The Morgan fingerprint density at radius 1 is 1.26 bits per heavy atom. The maximum atomic E-state index is 12.4. The van der Waals surface area contributed by atoms with Crippen molar-refractivity contribution in [1.29, 1.82) is 0 Å². The average molecular weight is 269 g/mol. The zero-order valence-electron chi connectivity index (χ0n) is 11.6. The Labute approximate surface area is 113 Å². The van der Waals surface area contributed by atoms with E-state index in [2.05, 4.69) is 5.32 Å². The molecule has 2 heterocycles. The Balaban J connectivity index is 1.94. The third-order valence-electron chi connectivity index (χ3n) is 4.36. The van der Waals surface area contributed by atoms with Crippen molar-refractivity contribution in [1.82, 2.24) is 15.1 Å². The number of carbonyl (C=O) groups excluding carboxylic acids is 1. The summed E-state index contributed by atoms with van der Waals surface area (Å²) in [5.74, 6) is -1.19. The van der Waals surface area contributed by atoms with Gasteiger partial charge in [0, 0.05) is 26.2 Å². The molecule has 0 aromatic rings. The van der Waals surface area contributed by atoms with Gasteiger partial charge < -0.3 is 20.2 Å². The van der Waals surface area contributed by atoms with E-state index in [0.717, 1.165) is 25.9 Å². The van der Waals surface area contributed by atoms with Gasteiger partial charge in [-0.25, -0.2) is 4.79 Å². The largest absolute Gasteiger partial charge is 0.481 e. The first-order chi connectivity index (χ1) is 9.00. The number of carboxylic acid groups (broad SMARTS) is 1. The summed E-state index contributed by atoms with van der Waals surface area (Å²) in [5.41, 5.74) is 0. The van der Waals surface area contributed by atoms with Crippen molar-refractivity contribution in [3.8, 4) is 0 Å². The van der Waals surface area contributed by atoms with E-state index >= 15 is 0 Å². The number of amides is 2. The van der Waals surface area contributed by atoms with Crippen LogP contribution in [0.5, 0.6) is 0 Å². The fraction of sp³-hybridized carbons (Fsp3) is 0.846. The van der Waals surface area contributed by atoms with Crippen LogP contribution in [0.1, 0.15) is 19.8 Å². The molecule has 2 amide bonds. The molecule has 2 rings (SSSR count). The van der Waals surface area contributed by atoms with E-state index < -0.39 is 11.9 Å². The highest BCUT2D eigenvalue weighted by atomic mass is 16.4. The van der Waals surface area contributed by atoms with Gasteiger partial charge in [-0.05, 0) is 31.8 Å². The van der Waals surface area contributed by atoms with Crippen LogP contribution in [-0.2, 0) is 4.79 Å². The van der Waals surface area contributed by atoms with Gasteiger partial charge in [0.15, 0.2) is 0 Å². The number of aliphatic carboxylic acids is 1. The number of carboxylic acids is 1. The third-order valence-corrected chi connectivity index (χ3v) is 4.36. The zero-order valence-corrected chi connectivity index (χ0v) is 11.6. The molecule has 2 aliphatic rings. The van der Waals surface area contributed by atoms with Crippen molar-refractivity contribution in [2.45, 2.75) is 25.8 Å². The molecule has 2 aliphatic heterocycles. The maximum Gasteiger partial charge on any atom is 0.320 e. The average Bonchev–Trinajstić information content (AvgIpc) is 2.80. The lowest BCUT2D eigenvalue weighted by Gasteiger charge is -2.34. The fourth-order valence-electron chi connectivity index (χ4n) is 3.02. The number of rotatable bonds is 2. The summed E-state index contributed by atoms with van der Waals surface area (Å²) in [6, 6.07) is 0.246. The minimum Gasteiger partial charge on any atom is -0.481 e. The summed E-state index contributed by atoms with van der Waals surface area (Å²) >= 11 is 0. The smallest absolute Gasteiger partial charge is 0.320 e. The second kappa shape index (κ2) is 5.77. The molecule has 0 bridgehead atoms. The Hall–Kier alpha value is -1.30. The molecule has 2 saturated heterocycles. The molecule has 0 unspecified atom stereocenters. The minimum atomic E-state index is -0.799. The SMILES string of the molecule is C[C@@H]1CN(C(=O)N(C)C2CCNCC2)C[C@H]1C(=O)O. The second-order valence-electron chi connectivity index (χ2n) is 5.70. The van der Waals surface area contributed by atoms with Crippen LogP contribution in [0.2, 0.25) is 0 Å². The number of urea groups is 1. The normalized spacial score (nSPS) is 28.4. The van der Waals surface area contributed by atoms with Crippen molar-refractivity contribution >= 4 is 12.0 Å². The van der Waals surface area contributed by atoms with Gasteiger partial charge in [-0.1, -0.05) is 6.92 Å². The maximum absolute atomic E-state index is 12.4. The molecule has 0 aromatic heterocycles. The molecule has 0 aliphatic carbocycles. The first kappa shape index (κ1) is 14.1. The highest BCUT2D eigenvalue weighted by Crippen LogP contribution is 2.25. The van der Waals surface area contributed by atoms with Crippen LogP contribution in [0.15, 0.2) is 0 Å². The molecule has 0 saturated carbocycles. The van der Waals surface area contributed by atoms with Crippen molar-refractivity contribution in [3.05, 3.63) is 0 Å². The first-order valence-corrected chi connectivity index (χ1v) is 6.96. The molecule has 6 heteroatoms. The Morgan fingerprint density at radius 3 is 2.42 bits per heavy atom. The van der Waals surface area contributed by atoms with Crippen LogP contribution in [0.25, 0.3) is 0 Å². The topological polar surface area (TPSA) is 72.9 Å². The highest BCUT2D eigenvalue weighted by Gasteiger charge is 2.38. The van der Waals surface area contributed by atoms with Crippen molar-refractivity contribution in [2.75, 3.05) is 33.2 Å². The van der Waals surface area contributed by atoms with E-state index in [1.54, 1.807) is 9.80 Å². The number of hydrogen-bond donors (Lipinski definition) is 2. The van der Waals surface area contributed by atoms with Gasteiger partial charge in [-0.3, -0.25) is 4.79 Å². The highest BCUT2D eigenvalue weighted by molar-refractivity contribution is 5.77. The van der Waals surface area contributed by atoms with Gasteiger partial charge in [-0.15, -0.1) is 0 Å². The van der Waals surface area contributed by atoms with E-state index in [1.807, 2.05) is 14.0 Å². The lowest BCUT2D eigenvalue weighted by atomic mass is 9.99. The molecule has 19 heavy (non-hydrogen) atoms. The summed E-state index contributed by atoms with van der Waals surface area (Å²) in [6.07, 6.45) is 1.93. The van der Waals surface area contributed by atoms with Crippen LogP contribution >= 0.6 is 0 Å². The molecular formula is C13H23N3O3. The van der Waals surface area contributed by atoms with Crippen LogP contribution in [0.3, 0.4) is 0 Å². The standard InChI is InChI=1S/C13H23N3O3/c1-9-7-16(8-11(9)12(17)18)13(19)15(2)10-3-5-14-6-4-10/h9-11,14H,3-8H2,1-2H3,(H,17,18)/t9-,11-/m1/s1. The molecule has 108 valence electrons. The number of nitrogens with zero attached hydrogens (tertiary/aromatic N) is 2. The van der Waals surface area contributed by atoms with E-state index in [0.29, 0.717) is 13.1 Å². The summed E-state index contributed by atoms with van der Waals surface area (Å²) in [7, 11) is 1.83. The number of nitrogens with one attached hydrogen (secondary N) is 1. The van der Waals surface area contributed by atoms with E-state index in [4.69, 9.17) is 5.11 Å². The van der Waals surface area contributed by atoms with E-state index in [-0.39, 0.29) is 18.0 Å². The molecule has 2 atom stereocenters. The number of likely N-dealkylation sites (tertiary alicyclic amines) is 1. The number of carbonyl (C=O) groups is 2. The van der Waals surface area contributed by atoms with E-state index in [1.165, 1.54) is 0 Å². The summed E-state index contributed by atoms with van der Waals surface area (Å²) in [5, 5.41) is 12.4. The minimum absolute atomic E-state index is 0.0255. The molecule has 0 radical (unpaired) electrons. The summed E-state index contributed by atoms with van der Waals surface area (Å²) in [4.78, 5) is 27.0. The van der Waals surface area contributed by atoms with E-state index in [9.17, 15) is 9.59 Å². The third kappa shape index (κ3) is 3.00. The van der Waals surface area contributed by atoms with Crippen molar-refractivity contribution in [3.63, 3.8) is 0 Å². The van der Waals surface area contributed by atoms with Gasteiger partial charge in [-0.2, -0.15) is 0 Å². The Morgan fingerprint density at radius 2 is 1.89 bits per heavy atom. The molecule has 2 fully saturated rings. The first-order valence-electron chi connectivity index (χ1n) is 6.96. The predicted molar refractivity (Wildman–Crippen MR) is 70.9 cm³/mol. The fourth-order valence-corrected chi connectivity index (χ4v) is 3.02. The van der Waals surface area contributed by atoms with Gasteiger partial charge in [0.1, 0.15) is 0 Å². The quantitative estimate of drug-likeness (QED) is 0.763. The lowest BCUT2D eigenvalue weighted by Crippen LogP contribution is -2.49. The number of piperidine rings is 1. The van der Waals surface area contributed by atoms with Crippen molar-refractivity contribution < 1.29 is 14.7 Å². The van der Waals surface area contributed by atoms with Crippen molar-refractivity contribution in [2.24, 2.45) is 11.8 Å². The summed E-state index contributed by atoms with van der Waals surface area (Å²) in [6.45, 7) is 4.67. The molecular weight excluding hydrogens is 246 g/mol. The van der Waals surface area contributed by atoms with Gasteiger partial charge in [0.25, 0.3) is 0 Å². The van der Waals surface area contributed by atoms with Crippen LogP contribution in [-0.4, -0.2) is 66.2 Å². The second-order valence-corrected chi connectivity index (χ2v) is 5.70. The molecule has 6 nitrogen and oxygen atoms in total. The Kier molecular flexibility index (Phi) is 4.29. The summed E-state index contributed by atoms with van der Waals surface area (Å²) < 4.78 is 0. The van der Waals surface area contributed by atoms with Crippen LogP contribution in [0, 0.1) is 11.8 Å². The Bertz CT molecular complexity index is 355.